The molecule has 0 aliphatic carbocycles. The highest BCUT2D eigenvalue weighted by Gasteiger charge is 2.36. The molecule has 2 N–H and O–H groups in total. The first-order valence-electron chi connectivity index (χ1n) is 11.1. The second kappa shape index (κ2) is 9.40. The number of sulfonamides is 1. The average molecular weight is 480 g/mol. The maximum Gasteiger partial charge on any atom is 0.252 e. The van der Waals surface area contributed by atoms with Gasteiger partial charge in [0.05, 0.1) is 24.9 Å². The van der Waals surface area contributed by atoms with Crippen LogP contribution in [0.5, 0.6) is 0 Å². The summed E-state index contributed by atoms with van der Waals surface area (Å²) in [4.78, 5) is 2.31. The van der Waals surface area contributed by atoms with E-state index in [2.05, 4.69) is 17.1 Å². The molecule has 32 heavy (non-hydrogen) atoms. The summed E-state index contributed by atoms with van der Waals surface area (Å²) in [5.74, 6) is 0. The minimum Gasteiger partial charge on any atom is -0.386 e. The van der Waals surface area contributed by atoms with Gasteiger partial charge in [-0.1, -0.05) is 18.2 Å². The van der Waals surface area contributed by atoms with Crippen LogP contribution in [-0.4, -0.2) is 68.8 Å². The Hall–Kier alpha value is -1.49. The average Bonchev–Trinajstić information content (AvgIpc) is 3.26. The highest BCUT2D eigenvalue weighted by molar-refractivity contribution is 7.91. The first-order valence-corrected chi connectivity index (χ1v) is 13.4. The predicted molar refractivity (Wildman–Crippen MR) is 128 cm³/mol. The monoisotopic (exact) mass is 479 g/mol. The Labute approximate surface area is 195 Å². The van der Waals surface area contributed by atoms with E-state index in [4.69, 9.17) is 4.74 Å². The van der Waals surface area contributed by atoms with Gasteiger partial charge in [0, 0.05) is 37.4 Å². The zero-order chi connectivity index (χ0) is 22.9. The maximum absolute atomic E-state index is 13.2. The number of thiophene rings is 1. The van der Waals surface area contributed by atoms with Crippen molar-refractivity contribution < 1.29 is 18.3 Å². The van der Waals surface area contributed by atoms with Crippen molar-refractivity contribution >= 4 is 27.0 Å². The number of hydrogen-bond acceptors (Lipinski definition) is 7. The molecule has 2 fully saturated rings. The highest BCUT2D eigenvalue weighted by atomic mass is 32.2. The Morgan fingerprint density at radius 2 is 1.94 bits per heavy atom. The van der Waals surface area contributed by atoms with E-state index >= 15 is 0 Å². The van der Waals surface area contributed by atoms with Gasteiger partial charge in [-0.15, -0.1) is 11.3 Å². The second-order valence-corrected chi connectivity index (χ2v) is 12.4. The standard InChI is InChI=1S/C23H33N3O4S2/c1-17(24-19-15-30-16-19)13-21-14-25(32(28,29)22-5-4-12-31-22)10-11-26(21)20-8-6-18(7-9-20)23(2,3)27/h4-9,12,17,19,21,24,27H,10-11,13-16H2,1-3H3/t17-,21+/m1/s1. The molecular formula is C23H33N3O4S2. The molecule has 9 heteroatoms. The number of piperazine rings is 1. The molecule has 1 aromatic carbocycles. The normalized spacial score (nSPS) is 22.0. The fourth-order valence-electron chi connectivity index (χ4n) is 4.40. The summed E-state index contributed by atoms with van der Waals surface area (Å²) in [5.41, 5.74) is 1.02. The van der Waals surface area contributed by atoms with Crippen LogP contribution in [0.3, 0.4) is 0 Å². The van der Waals surface area contributed by atoms with Gasteiger partial charge in [0.25, 0.3) is 10.0 Å². The second-order valence-electron chi connectivity index (χ2n) is 9.29. The third kappa shape index (κ3) is 5.18. The molecule has 0 spiro atoms. The molecule has 4 rings (SSSR count). The molecule has 2 aliphatic rings. The fourth-order valence-corrected chi connectivity index (χ4v) is 7.01. The van der Waals surface area contributed by atoms with Gasteiger partial charge >= 0.3 is 0 Å². The summed E-state index contributed by atoms with van der Waals surface area (Å²) < 4.78 is 33.6. The van der Waals surface area contributed by atoms with Crippen molar-refractivity contribution in [1.82, 2.24) is 9.62 Å². The molecule has 2 aromatic rings. The molecule has 0 amide bonds. The lowest BCUT2D eigenvalue weighted by atomic mass is 9.97. The molecule has 176 valence electrons. The number of hydrogen-bond donors (Lipinski definition) is 2. The van der Waals surface area contributed by atoms with Crippen LogP contribution < -0.4 is 10.2 Å². The van der Waals surface area contributed by atoms with Gasteiger partial charge < -0.3 is 20.1 Å². The molecule has 0 saturated carbocycles. The molecule has 3 heterocycles. The van der Waals surface area contributed by atoms with Crippen molar-refractivity contribution in [3.8, 4) is 0 Å². The van der Waals surface area contributed by atoms with Crippen LogP contribution in [0, 0.1) is 0 Å². The Balaban J connectivity index is 1.54. The van der Waals surface area contributed by atoms with Crippen LogP contribution in [0.25, 0.3) is 0 Å². The molecule has 0 bridgehead atoms. The van der Waals surface area contributed by atoms with Gasteiger partial charge in [0.15, 0.2) is 0 Å². The number of anilines is 1. The van der Waals surface area contributed by atoms with Crippen LogP contribution in [-0.2, 0) is 20.4 Å². The van der Waals surface area contributed by atoms with Crippen molar-refractivity contribution in [2.75, 3.05) is 37.7 Å². The van der Waals surface area contributed by atoms with Gasteiger partial charge in [-0.3, -0.25) is 0 Å². The largest absolute Gasteiger partial charge is 0.386 e. The van der Waals surface area contributed by atoms with E-state index in [0.29, 0.717) is 29.9 Å². The van der Waals surface area contributed by atoms with Crippen LogP contribution in [0.2, 0.25) is 0 Å². The van der Waals surface area contributed by atoms with E-state index in [1.165, 1.54) is 11.3 Å². The number of nitrogens with one attached hydrogen (secondary N) is 1. The summed E-state index contributed by atoms with van der Waals surface area (Å²) in [6.45, 7) is 8.68. The van der Waals surface area contributed by atoms with Crippen molar-refractivity contribution in [2.24, 2.45) is 0 Å². The van der Waals surface area contributed by atoms with Crippen LogP contribution in [0.4, 0.5) is 5.69 Å². The van der Waals surface area contributed by atoms with Crippen LogP contribution >= 0.6 is 11.3 Å². The van der Waals surface area contributed by atoms with Crippen LogP contribution in [0.15, 0.2) is 46.0 Å². The highest BCUT2D eigenvalue weighted by Crippen LogP contribution is 2.30. The lowest BCUT2D eigenvalue weighted by molar-refractivity contribution is -0.00992. The zero-order valence-corrected chi connectivity index (χ0v) is 20.5. The van der Waals surface area contributed by atoms with E-state index in [1.54, 1.807) is 35.7 Å². The van der Waals surface area contributed by atoms with Crippen molar-refractivity contribution in [3.05, 3.63) is 47.3 Å². The predicted octanol–water partition coefficient (Wildman–Crippen LogP) is 2.62. The first-order chi connectivity index (χ1) is 15.1. The Morgan fingerprint density at radius 1 is 1.22 bits per heavy atom. The molecule has 2 saturated heterocycles. The molecule has 1 aromatic heterocycles. The van der Waals surface area contributed by atoms with Gasteiger partial charge in [0.1, 0.15) is 4.21 Å². The molecule has 2 atom stereocenters. The zero-order valence-electron chi connectivity index (χ0n) is 18.9. The third-order valence-electron chi connectivity index (χ3n) is 6.22. The summed E-state index contributed by atoms with van der Waals surface area (Å²) in [7, 11) is -3.48. The third-order valence-corrected chi connectivity index (χ3v) is 9.46. The molecule has 0 unspecified atom stereocenters. The van der Waals surface area contributed by atoms with Gasteiger partial charge in [-0.25, -0.2) is 8.42 Å². The number of benzene rings is 1. The Kier molecular flexibility index (Phi) is 6.95. The lowest BCUT2D eigenvalue weighted by Crippen LogP contribution is -2.57. The number of ether oxygens (including phenoxy) is 1. The quantitative estimate of drug-likeness (QED) is 0.606. The summed E-state index contributed by atoms with van der Waals surface area (Å²) in [6, 6.07) is 12.1. The molecule has 7 nitrogen and oxygen atoms in total. The van der Waals surface area contributed by atoms with Crippen molar-refractivity contribution in [3.63, 3.8) is 0 Å². The summed E-state index contributed by atoms with van der Waals surface area (Å²) in [6.07, 6.45) is 0.820. The smallest absolute Gasteiger partial charge is 0.252 e. The maximum atomic E-state index is 13.2. The summed E-state index contributed by atoms with van der Waals surface area (Å²) >= 11 is 1.27. The van der Waals surface area contributed by atoms with E-state index < -0.39 is 15.6 Å². The Morgan fingerprint density at radius 3 is 2.50 bits per heavy atom. The molecule has 2 aliphatic heterocycles. The van der Waals surface area contributed by atoms with Gasteiger partial charge in [0.2, 0.25) is 0 Å². The van der Waals surface area contributed by atoms with E-state index in [9.17, 15) is 13.5 Å². The number of nitrogens with zero attached hydrogens (tertiary/aromatic N) is 2. The SMILES string of the molecule is C[C@H](C[C@H]1CN(S(=O)(=O)c2cccs2)CCN1c1ccc(C(C)(C)O)cc1)NC1COC1. The number of aliphatic hydroxyl groups is 1. The van der Waals surface area contributed by atoms with Crippen molar-refractivity contribution in [1.29, 1.82) is 0 Å². The lowest BCUT2D eigenvalue weighted by Gasteiger charge is -2.43. The number of rotatable bonds is 8. The minimum atomic E-state index is -3.48. The van der Waals surface area contributed by atoms with Gasteiger partial charge in [-0.05, 0) is 56.3 Å². The van der Waals surface area contributed by atoms with Crippen molar-refractivity contribution in [2.45, 2.75) is 55.1 Å². The Bertz CT molecular complexity index is 983. The minimum absolute atomic E-state index is 0.0370. The topological polar surface area (TPSA) is 82.1 Å². The summed E-state index contributed by atoms with van der Waals surface area (Å²) in [5, 5.41) is 15.7. The van der Waals surface area contributed by atoms with Crippen LogP contribution in [0.1, 0.15) is 32.8 Å². The molecular weight excluding hydrogens is 446 g/mol. The van der Waals surface area contributed by atoms with E-state index in [0.717, 1.165) is 30.9 Å². The molecule has 0 radical (unpaired) electrons. The van der Waals surface area contributed by atoms with E-state index in [1.807, 2.05) is 24.3 Å². The van der Waals surface area contributed by atoms with Gasteiger partial charge in [-0.2, -0.15) is 4.31 Å². The first kappa shape index (κ1) is 23.7. The van der Waals surface area contributed by atoms with E-state index in [-0.39, 0.29) is 12.1 Å². The fraction of sp³-hybridized carbons (Fsp3) is 0.565.